The molecule has 12 rings (SSSR count). The van der Waals surface area contributed by atoms with Crippen LogP contribution in [-0.4, -0.2) is 152 Å². The van der Waals surface area contributed by atoms with Gasteiger partial charge in [0, 0.05) is 128 Å². The molecule has 0 aliphatic rings. The molecule has 30 heteroatoms. The molecular weight excluding hydrogens is 1490 g/mol. The van der Waals surface area contributed by atoms with Gasteiger partial charge in [-0.1, -0.05) is 29.8 Å². The Labute approximate surface area is 648 Å². The van der Waals surface area contributed by atoms with Crippen molar-refractivity contribution in [2.45, 2.75) is 53.4 Å². The van der Waals surface area contributed by atoms with E-state index in [1.807, 2.05) is 168 Å². The van der Waals surface area contributed by atoms with Crippen LogP contribution in [0.3, 0.4) is 0 Å². The zero-order valence-electron chi connectivity index (χ0n) is 60.4. The van der Waals surface area contributed by atoms with Crippen LogP contribution in [-0.2, 0) is 14.3 Å². The van der Waals surface area contributed by atoms with Gasteiger partial charge >= 0.3 is 17.9 Å². The minimum Gasteiger partial charge on any atom is -0.481 e. The number of aryl methyl sites for hydroxylation is 1. The number of aromatic carboxylic acids is 1. The second kappa shape index (κ2) is 41.0. The Morgan fingerprint density at radius 2 is 0.722 bits per heavy atom. The minimum absolute atomic E-state index is 0.0108. The third-order valence-electron chi connectivity index (χ3n) is 15.0. The largest absolute Gasteiger partial charge is 0.481 e. The van der Waals surface area contributed by atoms with Gasteiger partial charge in [-0.15, -0.1) is 68.0 Å². The molecule has 6 aromatic carbocycles. The van der Waals surface area contributed by atoms with Gasteiger partial charge in [0.05, 0.1) is 6.61 Å². The molecule has 0 aliphatic carbocycles. The summed E-state index contributed by atoms with van der Waals surface area (Å²) < 4.78 is 4.88. The number of ether oxygens (including phenoxy) is 1. The van der Waals surface area contributed by atoms with Crippen molar-refractivity contribution < 1.29 is 53.3 Å². The van der Waals surface area contributed by atoms with E-state index in [0.29, 0.717) is 58.6 Å². The number of nitrogen functional groups attached to an aromatic ring is 1. The van der Waals surface area contributed by atoms with Crippen molar-refractivity contribution in [1.82, 2.24) is 39.7 Å². The molecule has 12 aromatic rings. The van der Waals surface area contributed by atoms with Gasteiger partial charge in [0.25, 0.3) is 11.8 Å². The number of carbonyl (C=O) groups is 8. The number of thiazole rings is 6. The minimum atomic E-state index is -0.982. The van der Waals surface area contributed by atoms with E-state index < -0.39 is 11.9 Å². The number of Topliss-reactive ketones (excluding diaryl/α,β-unsaturated/α-hetero) is 2. The van der Waals surface area contributed by atoms with Crippen molar-refractivity contribution in [3.05, 3.63) is 218 Å². The summed E-state index contributed by atoms with van der Waals surface area (Å²) in [4.78, 5) is 122. The van der Waals surface area contributed by atoms with E-state index in [9.17, 15) is 38.4 Å². The molecular formula is C78H79N13O11S6. The molecule has 0 saturated heterocycles. The molecule has 0 atom stereocenters. The molecule has 6 aromatic heterocycles. The Bertz CT molecular complexity index is 4970. The first-order valence-corrected chi connectivity index (χ1v) is 38.7. The maximum absolute atomic E-state index is 12.7. The van der Waals surface area contributed by atoms with Crippen LogP contribution in [0.5, 0.6) is 0 Å². The highest BCUT2D eigenvalue weighted by Crippen LogP contribution is 2.32. The van der Waals surface area contributed by atoms with Gasteiger partial charge in [0.15, 0.2) is 23.0 Å². The Morgan fingerprint density at radius 1 is 0.417 bits per heavy atom. The number of nitrogens with zero attached hydrogens (tertiary/aromatic N) is 8. The molecule has 0 fully saturated rings. The molecule has 0 radical (unpaired) electrons. The van der Waals surface area contributed by atoms with Crippen LogP contribution >= 0.6 is 68.0 Å². The zero-order valence-corrected chi connectivity index (χ0v) is 65.3. The lowest BCUT2D eigenvalue weighted by Crippen LogP contribution is -2.17. The van der Waals surface area contributed by atoms with Crippen molar-refractivity contribution in [2.24, 2.45) is 0 Å². The lowest BCUT2D eigenvalue weighted by molar-refractivity contribution is -0.137. The van der Waals surface area contributed by atoms with Gasteiger partial charge in [-0.2, -0.15) is 0 Å². The van der Waals surface area contributed by atoms with Gasteiger partial charge in [0.2, 0.25) is 5.91 Å². The third-order valence-corrected chi connectivity index (χ3v) is 20.3. The number of rotatable bonds is 25. The van der Waals surface area contributed by atoms with Gasteiger partial charge in [0.1, 0.15) is 52.8 Å². The number of carboxylic acids is 2. The summed E-state index contributed by atoms with van der Waals surface area (Å²) in [7, 11) is 9.70. The number of ketones is 2. The molecule has 0 saturated carbocycles. The van der Waals surface area contributed by atoms with Gasteiger partial charge in [-0.3, -0.25) is 28.8 Å². The lowest BCUT2D eigenvalue weighted by Gasteiger charge is -2.09. The fourth-order valence-electron chi connectivity index (χ4n) is 9.27. The van der Waals surface area contributed by atoms with E-state index in [4.69, 9.17) is 20.7 Å². The van der Waals surface area contributed by atoms with E-state index >= 15 is 0 Å². The van der Waals surface area contributed by atoms with Crippen molar-refractivity contribution in [3.8, 4) is 63.4 Å². The number of carboxylic acid groups (broad SMARTS) is 2. The van der Waals surface area contributed by atoms with E-state index in [2.05, 4.69) is 56.1 Å². The first-order chi connectivity index (χ1) is 51.8. The normalized spacial score (nSPS) is 10.5. The quantitative estimate of drug-likeness (QED) is 0.0159. The number of hydrogen-bond acceptors (Lipinski definition) is 25. The average Bonchev–Trinajstić information content (AvgIpc) is 1.69. The number of aromatic nitrogens is 6. The molecule has 0 unspecified atom stereocenters. The van der Waals surface area contributed by atoms with Crippen molar-refractivity contribution in [2.75, 3.05) is 81.9 Å². The van der Waals surface area contributed by atoms with Crippen LogP contribution in [0.2, 0.25) is 0 Å². The number of nitrogens with one attached hydrogen (secondary N) is 4. The number of amides is 3. The smallest absolute Gasteiger partial charge is 0.357 e. The van der Waals surface area contributed by atoms with Crippen molar-refractivity contribution in [1.29, 1.82) is 0 Å². The first-order valence-electron chi connectivity index (χ1n) is 33.4. The number of nitrogens with two attached hydrogens (primary N) is 1. The molecule has 8 N–H and O–H groups in total. The standard InChI is InChI=1S/C27H27N5O3S2.C22H18N4O2S2.C12H12N2O2S.C11H9NO2S.C6H13NO2/c1-17(33)22-15-36-26(30-22)18-8-12-21(13-9-18)29-25(35)23-16-37-27(31-23)19-6-10-20(11-7-19)28-24(34)5-4-14-32(2)3;1-13(27)18-11-29-21(25-18)15-5-9-17(10-6-15)24-20(28)19-12-30-22(26-19)14-3-7-16(23-2)8-4-14;1-2-16-12(15)10-7-17-11(14-10)8-3-5-9(13)6-4-8;1-7-2-4-8(5-3-7)10-12-9(6-15-10)11(13)14;1-7(2)5-3-4-6(8)9/h6-13,15-16H,4-5,14H2,1-3H3,(H,28,34)(H,29,35);3-12,23H,1-2H3,(H,24,28);3-7H,2,13H2,1H3;2-6H,1H3,(H,13,14);3-5H2,1-2H3,(H,8,9). The molecule has 6 heterocycles. The molecule has 24 nitrogen and oxygen atoms in total. The molecule has 558 valence electrons. The van der Waals surface area contributed by atoms with E-state index in [1.54, 1.807) is 63.5 Å². The second-order valence-electron chi connectivity index (χ2n) is 24.1. The van der Waals surface area contributed by atoms with E-state index in [-0.39, 0.29) is 47.4 Å². The SMILES string of the molecule is CC(=O)c1csc(-c2ccc(NC(=O)c3csc(-c4ccc(NC(=O)CCCN(C)C)cc4)n3)cc2)n1.CCOC(=O)c1csc(-c2ccc(N)cc2)n1.CN(C)CCCC(=O)O.CNc1ccc(-c2nc(C(=O)Nc3ccc(-c4nc(C(C)=O)cs4)cc3)cs2)cc1.Cc1ccc(-c2nc(C(=O)O)cs2)cc1. The van der Waals surface area contributed by atoms with E-state index in [0.717, 1.165) is 101 Å². The fourth-order valence-corrected chi connectivity index (χ4v) is 14.2. The molecule has 0 bridgehead atoms. The van der Waals surface area contributed by atoms with Gasteiger partial charge in [-0.25, -0.2) is 39.5 Å². The maximum Gasteiger partial charge on any atom is 0.357 e. The molecule has 0 aliphatic heterocycles. The lowest BCUT2D eigenvalue weighted by atomic mass is 10.2. The Hall–Kier alpha value is -11.2. The molecule has 3 amide bonds. The zero-order chi connectivity index (χ0) is 77.8. The van der Waals surface area contributed by atoms with Crippen molar-refractivity contribution >= 4 is 144 Å². The van der Waals surface area contributed by atoms with E-state index in [1.165, 1.54) is 87.4 Å². The Balaban J connectivity index is 0.000000184. The summed E-state index contributed by atoms with van der Waals surface area (Å²) in [6, 6.07) is 45.2. The van der Waals surface area contributed by atoms with Crippen LogP contribution in [0, 0.1) is 6.92 Å². The predicted molar refractivity (Wildman–Crippen MR) is 435 cm³/mol. The first kappa shape index (κ1) is 82.4. The van der Waals surface area contributed by atoms with Gasteiger partial charge < -0.3 is 51.8 Å². The number of benzene rings is 6. The number of esters is 1. The number of aliphatic carboxylic acids is 1. The maximum atomic E-state index is 12.7. The predicted octanol–water partition coefficient (Wildman–Crippen LogP) is 16.9. The molecule has 0 spiro atoms. The monoisotopic (exact) mass is 1570 g/mol. The summed E-state index contributed by atoms with van der Waals surface area (Å²) in [5.74, 6) is -2.77. The van der Waals surface area contributed by atoms with Crippen LogP contribution < -0.4 is 27.0 Å². The van der Waals surface area contributed by atoms with Crippen molar-refractivity contribution in [3.63, 3.8) is 0 Å². The van der Waals surface area contributed by atoms with Gasteiger partial charge in [-0.05, 0) is 189 Å². The number of hydrogen-bond donors (Lipinski definition) is 7. The Kier molecular flexibility index (Phi) is 31.3. The third kappa shape index (κ3) is 25.8. The van der Waals surface area contributed by atoms with Crippen LogP contribution in [0.25, 0.3) is 63.4 Å². The van der Waals surface area contributed by atoms with Crippen LogP contribution in [0.1, 0.15) is 115 Å². The summed E-state index contributed by atoms with van der Waals surface area (Å²) in [6.07, 6.45) is 2.29. The Morgan fingerprint density at radius 3 is 1.06 bits per heavy atom. The fraction of sp³-hybridized carbons (Fsp3) is 0.205. The highest BCUT2D eigenvalue weighted by atomic mass is 32.1. The number of carbonyl (C=O) groups excluding carboxylic acids is 6. The number of anilines is 5. The highest BCUT2D eigenvalue weighted by Gasteiger charge is 2.18. The van der Waals surface area contributed by atoms with Crippen LogP contribution in [0.4, 0.5) is 28.4 Å². The second-order valence-corrected chi connectivity index (χ2v) is 29.2. The summed E-state index contributed by atoms with van der Waals surface area (Å²) in [5, 5.41) is 43.4. The average molecular weight is 1570 g/mol. The topological polar surface area (TPSA) is 344 Å². The summed E-state index contributed by atoms with van der Waals surface area (Å²) in [5.41, 5.74) is 18.1. The summed E-state index contributed by atoms with van der Waals surface area (Å²) >= 11 is 8.39. The summed E-state index contributed by atoms with van der Waals surface area (Å²) in [6.45, 7) is 8.84. The highest BCUT2D eigenvalue weighted by molar-refractivity contribution is 7.15. The molecule has 108 heavy (non-hydrogen) atoms. The van der Waals surface area contributed by atoms with Crippen LogP contribution in [0.15, 0.2) is 178 Å².